The van der Waals surface area contributed by atoms with Crippen molar-refractivity contribution in [3.8, 4) is 0 Å². The molecule has 1 rings (SSSR count). The SMILES string of the molecule is CC(C)CNC1CCCNC1.Cl.Cl. The van der Waals surface area contributed by atoms with E-state index in [2.05, 4.69) is 24.5 Å². The normalized spacial score (nSPS) is 21.9. The fourth-order valence-corrected chi connectivity index (χ4v) is 1.43. The minimum absolute atomic E-state index is 0. The fourth-order valence-electron chi connectivity index (χ4n) is 1.43. The predicted octanol–water partition coefficient (Wildman–Crippen LogP) is 1.83. The Morgan fingerprint density at radius 2 is 2.08 bits per heavy atom. The van der Waals surface area contributed by atoms with Crippen LogP contribution in [0.3, 0.4) is 0 Å². The maximum Gasteiger partial charge on any atom is 0.0193 e. The lowest BCUT2D eigenvalue weighted by atomic mass is 10.1. The first kappa shape index (κ1) is 15.9. The summed E-state index contributed by atoms with van der Waals surface area (Å²) in [7, 11) is 0. The van der Waals surface area contributed by atoms with Crippen molar-refractivity contribution in [3.05, 3.63) is 0 Å². The minimum atomic E-state index is 0. The van der Waals surface area contributed by atoms with Gasteiger partial charge in [-0.05, 0) is 31.8 Å². The van der Waals surface area contributed by atoms with Crippen molar-refractivity contribution in [2.75, 3.05) is 19.6 Å². The van der Waals surface area contributed by atoms with Crippen LogP contribution in [0.4, 0.5) is 0 Å². The van der Waals surface area contributed by atoms with Crippen molar-refractivity contribution in [2.45, 2.75) is 32.7 Å². The summed E-state index contributed by atoms with van der Waals surface area (Å²) in [5.74, 6) is 0.775. The molecule has 0 amide bonds. The maximum absolute atomic E-state index is 3.56. The van der Waals surface area contributed by atoms with Gasteiger partial charge in [0, 0.05) is 12.6 Å². The fraction of sp³-hybridized carbons (Fsp3) is 1.00. The molecule has 13 heavy (non-hydrogen) atoms. The van der Waals surface area contributed by atoms with E-state index < -0.39 is 0 Å². The van der Waals surface area contributed by atoms with Crippen LogP contribution in [0.5, 0.6) is 0 Å². The summed E-state index contributed by atoms with van der Waals surface area (Å²) >= 11 is 0. The van der Waals surface area contributed by atoms with Gasteiger partial charge in [0.15, 0.2) is 0 Å². The number of hydrogen-bond acceptors (Lipinski definition) is 2. The van der Waals surface area contributed by atoms with Crippen LogP contribution in [0.1, 0.15) is 26.7 Å². The van der Waals surface area contributed by atoms with Gasteiger partial charge in [0.1, 0.15) is 0 Å². The van der Waals surface area contributed by atoms with E-state index in [0.717, 1.165) is 25.0 Å². The number of piperidine rings is 1. The largest absolute Gasteiger partial charge is 0.315 e. The lowest BCUT2D eigenvalue weighted by molar-refractivity contribution is 0.373. The molecule has 1 fully saturated rings. The van der Waals surface area contributed by atoms with E-state index >= 15 is 0 Å². The Bertz CT molecular complexity index is 104. The molecule has 0 aromatic carbocycles. The molecule has 0 spiro atoms. The minimum Gasteiger partial charge on any atom is -0.315 e. The van der Waals surface area contributed by atoms with E-state index in [1.165, 1.54) is 19.4 Å². The van der Waals surface area contributed by atoms with Crippen LogP contribution in [-0.2, 0) is 0 Å². The van der Waals surface area contributed by atoms with Crippen molar-refractivity contribution < 1.29 is 0 Å². The average molecular weight is 229 g/mol. The molecular weight excluding hydrogens is 207 g/mol. The van der Waals surface area contributed by atoms with Crippen molar-refractivity contribution in [1.82, 2.24) is 10.6 Å². The Labute approximate surface area is 94.1 Å². The molecule has 1 saturated heterocycles. The number of halogens is 2. The van der Waals surface area contributed by atoms with Crippen LogP contribution in [0.25, 0.3) is 0 Å². The summed E-state index contributed by atoms with van der Waals surface area (Å²) in [4.78, 5) is 0. The van der Waals surface area contributed by atoms with Gasteiger partial charge in [0.25, 0.3) is 0 Å². The highest BCUT2D eigenvalue weighted by Gasteiger charge is 2.11. The molecule has 0 aliphatic carbocycles. The van der Waals surface area contributed by atoms with Crippen LogP contribution in [0.15, 0.2) is 0 Å². The first-order valence-electron chi connectivity index (χ1n) is 4.73. The van der Waals surface area contributed by atoms with Crippen molar-refractivity contribution in [3.63, 3.8) is 0 Å². The third-order valence-electron chi connectivity index (χ3n) is 2.11. The van der Waals surface area contributed by atoms with Crippen molar-refractivity contribution in [2.24, 2.45) is 5.92 Å². The number of nitrogens with one attached hydrogen (secondary N) is 2. The average Bonchev–Trinajstić information content (AvgIpc) is 2.03. The smallest absolute Gasteiger partial charge is 0.0193 e. The third kappa shape index (κ3) is 7.56. The zero-order valence-electron chi connectivity index (χ0n) is 8.51. The Balaban J connectivity index is 0. The van der Waals surface area contributed by atoms with Crippen molar-refractivity contribution >= 4 is 24.8 Å². The highest BCUT2D eigenvalue weighted by molar-refractivity contribution is 5.85. The Morgan fingerprint density at radius 1 is 1.38 bits per heavy atom. The van der Waals surface area contributed by atoms with E-state index in [0.29, 0.717) is 0 Å². The van der Waals surface area contributed by atoms with Crippen molar-refractivity contribution in [1.29, 1.82) is 0 Å². The second-order valence-corrected chi connectivity index (χ2v) is 3.85. The van der Waals surface area contributed by atoms with E-state index in [1.807, 2.05) is 0 Å². The van der Waals surface area contributed by atoms with Gasteiger partial charge in [-0.1, -0.05) is 13.8 Å². The molecule has 2 N–H and O–H groups in total. The molecule has 0 saturated carbocycles. The summed E-state index contributed by atoms with van der Waals surface area (Å²) in [6.45, 7) is 8.03. The summed E-state index contributed by atoms with van der Waals surface area (Å²) < 4.78 is 0. The van der Waals surface area contributed by atoms with Gasteiger partial charge in [0.2, 0.25) is 0 Å². The monoisotopic (exact) mass is 228 g/mol. The zero-order valence-corrected chi connectivity index (χ0v) is 10.1. The lowest BCUT2D eigenvalue weighted by Gasteiger charge is -2.24. The quantitative estimate of drug-likeness (QED) is 0.771. The Morgan fingerprint density at radius 3 is 2.54 bits per heavy atom. The molecule has 1 heterocycles. The molecular formula is C9H22Cl2N2. The van der Waals surface area contributed by atoms with E-state index in [-0.39, 0.29) is 24.8 Å². The Kier molecular flexibility index (Phi) is 11.1. The van der Waals surface area contributed by atoms with E-state index in [1.54, 1.807) is 0 Å². The molecule has 1 atom stereocenters. The topological polar surface area (TPSA) is 24.1 Å². The number of rotatable bonds is 3. The molecule has 4 heteroatoms. The van der Waals surface area contributed by atoms with Crippen LogP contribution in [0.2, 0.25) is 0 Å². The van der Waals surface area contributed by atoms with Gasteiger partial charge in [0.05, 0.1) is 0 Å². The second kappa shape index (κ2) is 9.07. The van der Waals surface area contributed by atoms with E-state index in [9.17, 15) is 0 Å². The molecule has 0 bridgehead atoms. The molecule has 82 valence electrons. The van der Waals surface area contributed by atoms with Crippen LogP contribution < -0.4 is 10.6 Å². The summed E-state index contributed by atoms with van der Waals surface area (Å²) in [5, 5.41) is 6.95. The molecule has 0 aromatic heterocycles. The van der Waals surface area contributed by atoms with Crippen LogP contribution in [0, 0.1) is 5.92 Å². The lowest BCUT2D eigenvalue weighted by Crippen LogP contribution is -2.44. The van der Waals surface area contributed by atoms with Crippen LogP contribution in [-0.4, -0.2) is 25.7 Å². The summed E-state index contributed by atoms with van der Waals surface area (Å²) in [6.07, 6.45) is 2.68. The maximum atomic E-state index is 3.56. The van der Waals surface area contributed by atoms with Gasteiger partial charge in [-0.3, -0.25) is 0 Å². The highest BCUT2D eigenvalue weighted by atomic mass is 35.5. The third-order valence-corrected chi connectivity index (χ3v) is 2.11. The summed E-state index contributed by atoms with van der Waals surface area (Å²) in [5.41, 5.74) is 0. The zero-order chi connectivity index (χ0) is 8.10. The first-order valence-corrected chi connectivity index (χ1v) is 4.73. The molecule has 0 aromatic rings. The summed E-state index contributed by atoms with van der Waals surface area (Å²) in [6, 6.07) is 0.728. The van der Waals surface area contributed by atoms with Gasteiger partial charge >= 0.3 is 0 Å². The molecule has 2 nitrogen and oxygen atoms in total. The van der Waals surface area contributed by atoms with Gasteiger partial charge in [-0.15, -0.1) is 24.8 Å². The molecule has 1 aliphatic rings. The standard InChI is InChI=1S/C9H20N2.2ClH/c1-8(2)6-11-9-4-3-5-10-7-9;;/h8-11H,3-7H2,1-2H3;2*1H. The van der Waals surface area contributed by atoms with Crippen LogP contribution >= 0.6 is 24.8 Å². The highest BCUT2D eigenvalue weighted by Crippen LogP contribution is 2.01. The molecule has 1 unspecified atom stereocenters. The first-order chi connectivity index (χ1) is 5.29. The Hall–Kier alpha value is 0.500. The van der Waals surface area contributed by atoms with Gasteiger partial charge < -0.3 is 10.6 Å². The molecule has 0 radical (unpaired) electrons. The number of hydrogen-bond donors (Lipinski definition) is 2. The van der Waals surface area contributed by atoms with Gasteiger partial charge in [-0.25, -0.2) is 0 Å². The van der Waals surface area contributed by atoms with Gasteiger partial charge in [-0.2, -0.15) is 0 Å². The predicted molar refractivity (Wildman–Crippen MR) is 63.2 cm³/mol. The second-order valence-electron chi connectivity index (χ2n) is 3.85. The van der Waals surface area contributed by atoms with E-state index in [4.69, 9.17) is 0 Å². The molecule has 1 aliphatic heterocycles.